The van der Waals surface area contributed by atoms with Crippen LogP contribution in [0.3, 0.4) is 0 Å². The van der Waals surface area contributed by atoms with Crippen LogP contribution in [-0.4, -0.2) is 19.0 Å². The molecule has 1 aromatic rings. The van der Waals surface area contributed by atoms with Crippen LogP contribution in [0.25, 0.3) is 0 Å². The van der Waals surface area contributed by atoms with Crippen molar-refractivity contribution in [1.82, 2.24) is 5.32 Å². The van der Waals surface area contributed by atoms with Crippen LogP contribution in [0, 0.1) is 5.92 Å². The van der Waals surface area contributed by atoms with E-state index >= 15 is 0 Å². The summed E-state index contributed by atoms with van der Waals surface area (Å²) in [5.41, 5.74) is 7.11. The van der Waals surface area contributed by atoms with Crippen LogP contribution >= 0.6 is 0 Å². The average molecular weight is 233 g/mol. The first kappa shape index (κ1) is 13.6. The van der Waals surface area contributed by atoms with Crippen molar-refractivity contribution >= 4 is 5.96 Å². The van der Waals surface area contributed by atoms with E-state index in [9.17, 15) is 0 Å². The molecule has 1 rings (SSSR count). The van der Waals surface area contributed by atoms with Gasteiger partial charge in [0, 0.05) is 13.1 Å². The highest BCUT2D eigenvalue weighted by Gasteiger charge is 1.95. The van der Waals surface area contributed by atoms with Gasteiger partial charge in [-0.05, 0) is 24.3 Å². The second-order valence-corrected chi connectivity index (χ2v) is 4.64. The number of hydrogen-bond acceptors (Lipinski definition) is 1. The third-order valence-corrected chi connectivity index (χ3v) is 2.42. The van der Waals surface area contributed by atoms with E-state index in [0.717, 1.165) is 25.9 Å². The third-order valence-electron chi connectivity index (χ3n) is 2.42. The number of aliphatic imine (C=N–C) groups is 1. The van der Waals surface area contributed by atoms with Gasteiger partial charge in [0.1, 0.15) is 0 Å². The SMILES string of the molecule is CC(C)CN=C(N)NCCCc1ccccc1. The molecule has 1 aromatic carbocycles. The summed E-state index contributed by atoms with van der Waals surface area (Å²) in [7, 11) is 0. The molecule has 0 spiro atoms. The molecule has 3 nitrogen and oxygen atoms in total. The van der Waals surface area contributed by atoms with Crippen molar-refractivity contribution in [1.29, 1.82) is 0 Å². The summed E-state index contributed by atoms with van der Waals surface area (Å²) in [6, 6.07) is 10.5. The summed E-state index contributed by atoms with van der Waals surface area (Å²) in [5, 5.41) is 3.14. The lowest BCUT2D eigenvalue weighted by atomic mass is 10.1. The maximum absolute atomic E-state index is 5.74. The molecule has 0 amide bonds. The van der Waals surface area contributed by atoms with E-state index in [4.69, 9.17) is 5.73 Å². The molecule has 0 aliphatic heterocycles. The van der Waals surface area contributed by atoms with Crippen LogP contribution in [0.2, 0.25) is 0 Å². The molecule has 3 heteroatoms. The summed E-state index contributed by atoms with van der Waals surface area (Å²) >= 11 is 0. The number of nitrogens with zero attached hydrogens (tertiary/aromatic N) is 1. The molecule has 17 heavy (non-hydrogen) atoms. The van der Waals surface area contributed by atoms with Crippen molar-refractivity contribution in [2.75, 3.05) is 13.1 Å². The predicted octanol–water partition coefficient (Wildman–Crippen LogP) is 2.18. The fourth-order valence-corrected chi connectivity index (χ4v) is 1.49. The molecule has 0 radical (unpaired) electrons. The molecule has 0 fully saturated rings. The van der Waals surface area contributed by atoms with Crippen molar-refractivity contribution in [2.24, 2.45) is 16.6 Å². The van der Waals surface area contributed by atoms with Crippen LogP contribution in [-0.2, 0) is 6.42 Å². The molecular formula is C14H23N3. The summed E-state index contributed by atoms with van der Waals surface area (Å²) in [4.78, 5) is 4.25. The lowest BCUT2D eigenvalue weighted by Crippen LogP contribution is -2.33. The zero-order chi connectivity index (χ0) is 12.5. The van der Waals surface area contributed by atoms with E-state index in [1.165, 1.54) is 5.56 Å². The third kappa shape index (κ3) is 6.61. The fraction of sp³-hybridized carbons (Fsp3) is 0.500. The van der Waals surface area contributed by atoms with E-state index in [1.54, 1.807) is 0 Å². The Balaban J connectivity index is 2.14. The molecule has 0 aliphatic rings. The fourth-order valence-electron chi connectivity index (χ4n) is 1.49. The second kappa shape index (κ2) is 7.71. The Kier molecular flexibility index (Phi) is 6.15. The number of benzene rings is 1. The Morgan fingerprint density at radius 3 is 2.65 bits per heavy atom. The number of hydrogen-bond donors (Lipinski definition) is 2. The van der Waals surface area contributed by atoms with Gasteiger partial charge in [-0.15, -0.1) is 0 Å². The molecule has 0 saturated carbocycles. The van der Waals surface area contributed by atoms with Crippen LogP contribution < -0.4 is 11.1 Å². The summed E-state index contributed by atoms with van der Waals surface area (Å²) in [6.07, 6.45) is 2.15. The minimum atomic E-state index is 0.555. The summed E-state index contributed by atoms with van der Waals surface area (Å²) in [6.45, 7) is 5.93. The number of aryl methyl sites for hydroxylation is 1. The highest BCUT2D eigenvalue weighted by Crippen LogP contribution is 2.01. The van der Waals surface area contributed by atoms with Crippen LogP contribution in [0.1, 0.15) is 25.8 Å². The Morgan fingerprint density at radius 2 is 2.00 bits per heavy atom. The molecule has 0 aliphatic carbocycles. The van der Waals surface area contributed by atoms with Crippen molar-refractivity contribution < 1.29 is 0 Å². The van der Waals surface area contributed by atoms with E-state index in [2.05, 4.69) is 48.4 Å². The summed E-state index contributed by atoms with van der Waals surface area (Å²) < 4.78 is 0. The van der Waals surface area contributed by atoms with Crippen LogP contribution in [0.4, 0.5) is 0 Å². The van der Waals surface area contributed by atoms with Gasteiger partial charge in [0.25, 0.3) is 0 Å². The number of guanidine groups is 1. The number of rotatable bonds is 6. The van der Waals surface area contributed by atoms with Gasteiger partial charge < -0.3 is 11.1 Å². The highest BCUT2D eigenvalue weighted by atomic mass is 15.1. The van der Waals surface area contributed by atoms with E-state index < -0.39 is 0 Å². The van der Waals surface area contributed by atoms with Gasteiger partial charge in [-0.2, -0.15) is 0 Å². The monoisotopic (exact) mass is 233 g/mol. The predicted molar refractivity (Wildman–Crippen MR) is 74.1 cm³/mol. The van der Waals surface area contributed by atoms with Gasteiger partial charge in [0.15, 0.2) is 5.96 Å². The topological polar surface area (TPSA) is 50.4 Å². The Bertz CT molecular complexity index is 331. The minimum absolute atomic E-state index is 0.555. The van der Waals surface area contributed by atoms with Crippen molar-refractivity contribution in [3.8, 4) is 0 Å². The maximum atomic E-state index is 5.74. The van der Waals surface area contributed by atoms with Gasteiger partial charge in [-0.25, -0.2) is 0 Å². The molecular weight excluding hydrogens is 210 g/mol. The lowest BCUT2D eigenvalue weighted by molar-refractivity contribution is 0.659. The maximum Gasteiger partial charge on any atom is 0.188 e. The van der Waals surface area contributed by atoms with Crippen molar-refractivity contribution in [3.63, 3.8) is 0 Å². The lowest BCUT2D eigenvalue weighted by Gasteiger charge is -2.06. The molecule has 0 unspecified atom stereocenters. The standard InChI is InChI=1S/C14H23N3/c1-12(2)11-17-14(15)16-10-6-9-13-7-4-3-5-8-13/h3-5,7-8,12H,6,9-11H2,1-2H3,(H3,15,16,17). The molecule has 0 atom stereocenters. The quantitative estimate of drug-likeness (QED) is 0.449. The first-order valence-electron chi connectivity index (χ1n) is 6.26. The first-order valence-corrected chi connectivity index (χ1v) is 6.26. The number of nitrogens with one attached hydrogen (secondary N) is 1. The molecule has 0 aromatic heterocycles. The van der Waals surface area contributed by atoms with Crippen molar-refractivity contribution in [2.45, 2.75) is 26.7 Å². The molecule has 0 bridgehead atoms. The zero-order valence-corrected chi connectivity index (χ0v) is 10.8. The molecule has 0 heterocycles. The summed E-state index contributed by atoms with van der Waals surface area (Å²) in [5.74, 6) is 1.12. The van der Waals surface area contributed by atoms with E-state index in [0.29, 0.717) is 11.9 Å². The second-order valence-electron chi connectivity index (χ2n) is 4.64. The molecule has 0 saturated heterocycles. The molecule has 94 valence electrons. The van der Waals surface area contributed by atoms with Gasteiger partial charge in [-0.1, -0.05) is 44.2 Å². The Labute approximate surface area is 104 Å². The van der Waals surface area contributed by atoms with Gasteiger partial charge in [-0.3, -0.25) is 4.99 Å². The first-order chi connectivity index (χ1) is 8.18. The van der Waals surface area contributed by atoms with E-state index in [-0.39, 0.29) is 0 Å². The van der Waals surface area contributed by atoms with Crippen molar-refractivity contribution in [3.05, 3.63) is 35.9 Å². The van der Waals surface area contributed by atoms with Gasteiger partial charge in [0.2, 0.25) is 0 Å². The Morgan fingerprint density at radius 1 is 1.29 bits per heavy atom. The van der Waals surface area contributed by atoms with Crippen LogP contribution in [0.5, 0.6) is 0 Å². The minimum Gasteiger partial charge on any atom is -0.370 e. The largest absolute Gasteiger partial charge is 0.370 e. The average Bonchev–Trinajstić information content (AvgIpc) is 2.33. The van der Waals surface area contributed by atoms with Crippen LogP contribution in [0.15, 0.2) is 35.3 Å². The van der Waals surface area contributed by atoms with Gasteiger partial charge in [0.05, 0.1) is 0 Å². The van der Waals surface area contributed by atoms with Gasteiger partial charge >= 0.3 is 0 Å². The Hall–Kier alpha value is -1.51. The normalized spacial score (nSPS) is 11.8. The smallest absolute Gasteiger partial charge is 0.188 e. The zero-order valence-electron chi connectivity index (χ0n) is 10.8. The molecule has 3 N–H and O–H groups in total. The highest BCUT2D eigenvalue weighted by molar-refractivity contribution is 5.77. The number of nitrogens with two attached hydrogens (primary N) is 1. The van der Waals surface area contributed by atoms with E-state index in [1.807, 2.05) is 6.07 Å².